The normalized spacial score (nSPS) is 14.8. The molecule has 0 bridgehead atoms. The minimum atomic E-state index is -0.526. The van der Waals surface area contributed by atoms with E-state index in [1.165, 1.54) is 11.3 Å². The van der Waals surface area contributed by atoms with Crippen molar-refractivity contribution in [2.75, 3.05) is 18.5 Å². The minimum absolute atomic E-state index is 0.113. The Hall–Kier alpha value is -3.33. The van der Waals surface area contributed by atoms with Gasteiger partial charge in [0, 0.05) is 16.5 Å². The third-order valence-corrected chi connectivity index (χ3v) is 6.42. The second kappa shape index (κ2) is 7.49. The first-order chi connectivity index (χ1) is 14.6. The molecule has 2 aliphatic rings. The van der Waals surface area contributed by atoms with Crippen LogP contribution in [0.1, 0.15) is 44.1 Å². The Morgan fingerprint density at radius 2 is 1.87 bits per heavy atom. The third-order valence-electron chi connectivity index (χ3n) is 5.21. The Morgan fingerprint density at radius 3 is 2.70 bits per heavy atom. The number of hydrogen-bond donors (Lipinski definition) is 2. The zero-order valence-corrected chi connectivity index (χ0v) is 16.8. The molecule has 1 aromatic carbocycles. The summed E-state index contributed by atoms with van der Waals surface area (Å²) in [6.07, 6.45) is 3.79. The molecule has 0 radical (unpaired) electrons. The lowest BCUT2D eigenvalue weighted by Gasteiger charge is -2.18. The van der Waals surface area contributed by atoms with Crippen LogP contribution in [-0.2, 0) is 12.8 Å². The number of thiophene rings is 1. The summed E-state index contributed by atoms with van der Waals surface area (Å²) in [4.78, 5) is 25.9. The van der Waals surface area contributed by atoms with Gasteiger partial charge < -0.3 is 25.0 Å². The SMILES string of the molecule is NC(=O)c1c(NC(=O)c2cc(-c3ccc4c(c3)OCCO4)on2)sc2c1CCCC2. The highest BCUT2D eigenvalue weighted by Gasteiger charge is 2.26. The van der Waals surface area contributed by atoms with Crippen molar-refractivity contribution in [1.29, 1.82) is 0 Å². The van der Waals surface area contributed by atoms with Gasteiger partial charge in [-0.2, -0.15) is 0 Å². The van der Waals surface area contributed by atoms with E-state index in [1.807, 2.05) is 6.07 Å². The predicted molar refractivity (Wildman–Crippen MR) is 110 cm³/mol. The molecule has 0 saturated heterocycles. The monoisotopic (exact) mass is 425 g/mol. The highest BCUT2D eigenvalue weighted by Crippen LogP contribution is 2.38. The summed E-state index contributed by atoms with van der Waals surface area (Å²) in [5.41, 5.74) is 7.80. The van der Waals surface area contributed by atoms with Crippen LogP contribution in [0.5, 0.6) is 11.5 Å². The fourth-order valence-electron chi connectivity index (χ4n) is 3.80. The van der Waals surface area contributed by atoms with E-state index in [-0.39, 0.29) is 5.69 Å². The van der Waals surface area contributed by atoms with Crippen molar-refractivity contribution in [2.24, 2.45) is 5.73 Å². The average molecular weight is 425 g/mol. The number of nitrogens with one attached hydrogen (secondary N) is 1. The molecule has 154 valence electrons. The van der Waals surface area contributed by atoms with Crippen molar-refractivity contribution >= 4 is 28.2 Å². The summed E-state index contributed by atoms with van der Waals surface area (Å²) >= 11 is 1.41. The summed E-state index contributed by atoms with van der Waals surface area (Å²) < 4.78 is 16.5. The lowest BCUT2D eigenvalue weighted by atomic mass is 9.95. The van der Waals surface area contributed by atoms with Crippen LogP contribution in [0.4, 0.5) is 5.00 Å². The number of carbonyl (C=O) groups is 2. The average Bonchev–Trinajstić information content (AvgIpc) is 3.38. The van der Waals surface area contributed by atoms with Gasteiger partial charge in [-0.25, -0.2) is 0 Å². The number of nitrogens with zero attached hydrogens (tertiary/aromatic N) is 1. The number of hydrogen-bond acceptors (Lipinski definition) is 7. The molecule has 2 aromatic heterocycles. The van der Waals surface area contributed by atoms with Crippen LogP contribution in [-0.4, -0.2) is 30.2 Å². The molecule has 0 fully saturated rings. The summed E-state index contributed by atoms with van der Waals surface area (Å²) in [5.74, 6) is 0.739. The number of primary amides is 1. The van der Waals surface area contributed by atoms with Crippen molar-refractivity contribution in [3.8, 4) is 22.8 Å². The van der Waals surface area contributed by atoms with Crippen LogP contribution in [0.2, 0.25) is 0 Å². The maximum absolute atomic E-state index is 12.8. The van der Waals surface area contributed by atoms with Gasteiger partial charge in [0.2, 0.25) is 0 Å². The van der Waals surface area contributed by atoms with Crippen molar-refractivity contribution < 1.29 is 23.6 Å². The molecular weight excluding hydrogens is 406 g/mol. The molecule has 3 aromatic rings. The van der Waals surface area contributed by atoms with Crippen molar-refractivity contribution in [1.82, 2.24) is 5.16 Å². The van der Waals surface area contributed by atoms with Crippen LogP contribution in [0.3, 0.4) is 0 Å². The molecular formula is C21H19N3O5S. The smallest absolute Gasteiger partial charge is 0.278 e. The molecule has 3 heterocycles. The van der Waals surface area contributed by atoms with Crippen LogP contribution in [0.15, 0.2) is 28.8 Å². The number of fused-ring (bicyclic) bond motifs is 2. The van der Waals surface area contributed by atoms with E-state index in [0.717, 1.165) is 41.7 Å². The van der Waals surface area contributed by atoms with Crippen LogP contribution >= 0.6 is 11.3 Å². The quantitative estimate of drug-likeness (QED) is 0.662. The van der Waals surface area contributed by atoms with Crippen LogP contribution in [0.25, 0.3) is 11.3 Å². The first-order valence-electron chi connectivity index (χ1n) is 9.72. The van der Waals surface area contributed by atoms with Crippen LogP contribution in [0, 0.1) is 0 Å². The lowest BCUT2D eigenvalue weighted by molar-refractivity contribution is 0.100. The second-order valence-electron chi connectivity index (χ2n) is 7.17. The van der Waals surface area contributed by atoms with Gasteiger partial charge in [0.25, 0.3) is 11.8 Å². The van der Waals surface area contributed by atoms with E-state index in [9.17, 15) is 9.59 Å². The third kappa shape index (κ3) is 3.30. The molecule has 0 atom stereocenters. The largest absolute Gasteiger partial charge is 0.486 e. The summed E-state index contributed by atoms with van der Waals surface area (Å²) in [6, 6.07) is 6.95. The fourth-order valence-corrected chi connectivity index (χ4v) is 5.09. The van der Waals surface area contributed by atoms with E-state index in [0.29, 0.717) is 41.0 Å². The van der Waals surface area contributed by atoms with Crippen molar-refractivity contribution in [2.45, 2.75) is 25.7 Å². The van der Waals surface area contributed by atoms with Crippen molar-refractivity contribution in [3.05, 3.63) is 46.0 Å². The van der Waals surface area contributed by atoms with E-state index in [4.69, 9.17) is 19.7 Å². The molecule has 8 nitrogen and oxygen atoms in total. The number of carbonyl (C=O) groups excluding carboxylic acids is 2. The van der Waals surface area contributed by atoms with Gasteiger partial charge in [-0.15, -0.1) is 11.3 Å². The standard InChI is InChI=1S/C21H19N3O5S/c22-19(25)18-12-3-1-2-4-17(12)30-21(18)23-20(26)13-10-15(29-24-13)11-5-6-14-16(9-11)28-8-7-27-14/h5-6,9-10H,1-4,7-8H2,(H2,22,25)(H,23,26). The van der Waals surface area contributed by atoms with Gasteiger partial charge in [-0.05, 0) is 49.4 Å². The summed E-state index contributed by atoms with van der Waals surface area (Å²) in [5, 5.41) is 7.15. The second-order valence-corrected chi connectivity index (χ2v) is 8.27. The Morgan fingerprint density at radius 1 is 1.07 bits per heavy atom. The Bertz CT molecular complexity index is 1150. The number of rotatable bonds is 4. The minimum Gasteiger partial charge on any atom is -0.486 e. The molecule has 0 unspecified atom stereocenters. The highest BCUT2D eigenvalue weighted by atomic mass is 32.1. The number of aromatic nitrogens is 1. The fraction of sp³-hybridized carbons (Fsp3) is 0.286. The number of nitrogens with two attached hydrogens (primary N) is 1. The highest BCUT2D eigenvalue weighted by molar-refractivity contribution is 7.17. The first kappa shape index (κ1) is 18.7. The van der Waals surface area contributed by atoms with Gasteiger partial charge in [-0.1, -0.05) is 5.16 Å². The van der Waals surface area contributed by atoms with E-state index < -0.39 is 11.8 Å². The molecule has 0 spiro atoms. The van der Waals surface area contributed by atoms with E-state index >= 15 is 0 Å². The Labute approximate surface area is 175 Å². The number of anilines is 1. The number of ether oxygens (including phenoxy) is 2. The molecule has 9 heteroatoms. The number of benzene rings is 1. The zero-order chi connectivity index (χ0) is 20.7. The summed E-state index contributed by atoms with van der Waals surface area (Å²) in [7, 11) is 0. The van der Waals surface area contributed by atoms with Crippen molar-refractivity contribution in [3.63, 3.8) is 0 Å². The molecule has 2 amide bonds. The zero-order valence-electron chi connectivity index (χ0n) is 16.0. The predicted octanol–water partition coefficient (Wildman–Crippen LogP) is 3.40. The van der Waals surface area contributed by atoms with Gasteiger partial charge in [-0.3, -0.25) is 9.59 Å². The molecule has 0 saturated carbocycles. The maximum atomic E-state index is 12.8. The van der Waals surface area contributed by atoms with Gasteiger partial charge >= 0.3 is 0 Å². The number of amides is 2. The number of aryl methyl sites for hydroxylation is 1. The van der Waals surface area contributed by atoms with Gasteiger partial charge in [0.05, 0.1) is 5.56 Å². The Balaban J connectivity index is 1.39. The molecule has 1 aliphatic heterocycles. The van der Waals surface area contributed by atoms with Gasteiger partial charge in [0.15, 0.2) is 23.0 Å². The topological polar surface area (TPSA) is 117 Å². The molecule has 5 rings (SSSR count). The lowest BCUT2D eigenvalue weighted by Crippen LogP contribution is -2.18. The first-order valence-corrected chi connectivity index (χ1v) is 10.5. The Kier molecular flexibility index (Phi) is 4.66. The maximum Gasteiger partial charge on any atom is 0.278 e. The van der Waals surface area contributed by atoms with E-state index in [1.54, 1.807) is 18.2 Å². The molecule has 3 N–H and O–H groups in total. The van der Waals surface area contributed by atoms with Gasteiger partial charge in [0.1, 0.15) is 18.2 Å². The summed E-state index contributed by atoms with van der Waals surface area (Å²) in [6.45, 7) is 0.992. The van der Waals surface area contributed by atoms with E-state index in [2.05, 4.69) is 10.5 Å². The molecule has 1 aliphatic carbocycles. The molecule has 30 heavy (non-hydrogen) atoms. The van der Waals surface area contributed by atoms with Crippen LogP contribution < -0.4 is 20.5 Å².